The molecule has 162 valence electrons. The van der Waals surface area contributed by atoms with Crippen LogP contribution in [0.3, 0.4) is 0 Å². The number of nitrogens with one attached hydrogen (secondary N) is 1. The van der Waals surface area contributed by atoms with Gasteiger partial charge in [0.25, 0.3) is 5.91 Å². The lowest BCUT2D eigenvalue weighted by Gasteiger charge is -2.23. The monoisotopic (exact) mass is 420 g/mol. The molecule has 0 saturated carbocycles. The Morgan fingerprint density at radius 1 is 1.29 bits per heavy atom. The van der Waals surface area contributed by atoms with Crippen molar-refractivity contribution in [2.24, 2.45) is 7.05 Å². The molecule has 3 aromatic rings. The van der Waals surface area contributed by atoms with E-state index in [2.05, 4.69) is 20.3 Å². The molecule has 31 heavy (non-hydrogen) atoms. The van der Waals surface area contributed by atoms with Gasteiger partial charge in [0.1, 0.15) is 11.6 Å². The molecule has 4 rings (SSSR count). The largest absolute Gasteiger partial charge is 0.496 e. The fourth-order valence-electron chi connectivity index (χ4n) is 4.08. The van der Waals surface area contributed by atoms with Gasteiger partial charge in [-0.25, -0.2) is 9.97 Å². The zero-order valence-electron chi connectivity index (χ0n) is 18.2. The third kappa shape index (κ3) is 4.74. The second-order valence-electron chi connectivity index (χ2n) is 7.87. The van der Waals surface area contributed by atoms with Crippen LogP contribution in [0, 0.1) is 6.92 Å². The summed E-state index contributed by atoms with van der Waals surface area (Å²) >= 11 is 0. The van der Waals surface area contributed by atoms with Gasteiger partial charge in [-0.1, -0.05) is 18.2 Å². The summed E-state index contributed by atoms with van der Waals surface area (Å²) in [4.78, 5) is 24.4. The smallest absolute Gasteiger partial charge is 0.254 e. The molecule has 1 aliphatic heterocycles. The van der Waals surface area contributed by atoms with E-state index in [-0.39, 0.29) is 11.9 Å². The molecule has 0 bridgehead atoms. The lowest BCUT2D eigenvalue weighted by Crippen LogP contribution is -2.27. The van der Waals surface area contributed by atoms with Crippen molar-refractivity contribution in [2.75, 3.05) is 13.7 Å². The van der Waals surface area contributed by atoms with E-state index in [1.54, 1.807) is 13.3 Å². The second kappa shape index (κ2) is 9.26. The number of aryl methyl sites for hydroxylation is 2. The number of carbonyl (C=O) groups is 1. The molecule has 3 heterocycles. The van der Waals surface area contributed by atoms with Crippen molar-refractivity contribution >= 4 is 5.91 Å². The number of aromatic nitrogens is 4. The lowest BCUT2D eigenvalue weighted by atomic mass is 10.1. The van der Waals surface area contributed by atoms with E-state index in [9.17, 15) is 4.79 Å². The van der Waals surface area contributed by atoms with Crippen LogP contribution in [0.25, 0.3) is 0 Å². The van der Waals surface area contributed by atoms with Gasteiger partial charge in [0.05, 0.1) is 30.6 Å². The Bertz CT molecular complexity index is 1060. The van der Waals surface area contributed by atoms with E-state index in [0.29, 0.717) is 17.8 Å². The number of para-hydroxylation sites is 1. The Morgan fingerprint density at radius 3 is 2.87 bits per heavy atom. The van der Waals surface area contributed by atoms with Crippen LogP contribution >= 0.6 is 0 Å². The fourth-order valence-corrected chi connectivity index (χ4v) is 4.08. The van der Waals surface area contributed by atoms with Crippen LogP contribution in [-0.2, 0) is 20.1 Å². The SMILES string of the molecule is COc1ccccc1CNC(=O)c1cnc([C@@H]2CCCN2Cc2cnn(C)c2)nc1C. The summed E-state index contributed by atoms with van der Waals surface area (Å²) in [7, 11) is 3.55. The molecular formula is C23H28N6O2. The zero-order chi connectivity index (χ0) is 21.8. The van der Waals surface area contributed by atoms with Crippen LogP contribution in [0.4, 0.5) is 0 Å². The minimum atomic E-state index is -0.186. The highest BCUT2D eigenvalue weighted by Crippen LogP contribution is 2.31. The number of ether oxygens (including phenoxy) is 1. The van der Waals surface area contributed by atoms with Crippen LogP contribution in [-0.4, -0.2) is 44.2 Å². The summed E-state index contributed by atoms with van der Waals surface area (Å²) in [6, 6.07) is 7.80. The highest BCUT2D eigenvalue weighted by Gasteiger charge is 2.29. The minimum Gasteiger partial charge on any atom is -0.496 e. The van der Waals surface area contributed by atoms with Gasteiger partial charge in [0.15, 0.2) is 0 Å². The maximum absolute atomic E-state index is 12.7. The molecule has 1 N–H and O–H groups in total. The number of amides is 1. The Morgan fingerprint density at radius 2 is 2.13 bits per heavy atom. The van der Waals surface area contributed by atoms with Crippen molar-refractivity contribution in [3.63, 3.8) is 0 Å². The van der Waals surface area contributed by atoms with Crippen molar-refractivity contribution in [2.45, 2.75) is 38.9 Å². The van der Waals surface area contributed by atoms with Crippen molar-refractivity contribution in [3.05, 3.63) is 71.1 Å². The van der Waals surface area contributed by atoms with E-state index >= 15 is 0 Å². The molecule has 1 aromatic carbocycles. The third-order valence-corrected chi connectivity index (χ3v) is 5.68. The maximum atomic E-state index is 12.7. The summed E-state index contributed by atoms with van der Waals surface area (Å²) in [5.41, 5.74) is 3.29. The lowest BCUT2D eigenvalue weighted by molar-refractivity contribution is 0.0949. The van der Waals surface area contributed by atoms with Gasteiger partial charge in [0, 0.05) is 43.7 Å². The molecule has 1 aliphatic rings. The fraction of sp³-hybridized carbons (Fsp3) is 0.391. The Balaban J connectivity index is 1.44. The Labute approximate surface area is 182 Å². The van der Waals surface area contributed by atoms with E-state index < -0.39 is 0 Å². The van der Waals surface area contributed by atoms with Crippen LogP contribution < -0.4 is 10.1 Å². The topological polar surface area (TPSA) is 85.2 Å². The maximum Gasteiger partial charge on any atom is 0.254 e. The van der Waals surface area contributed by atoms with Crippen LogP contribution in [0.2, 0.25) is 0 Å². The predicted octanol–water partition coefficient (Wildman–Crippen LogP) is 2.79. The summed E-state index contributed by atoms with van der Waals surface area (Å²) < 4.78 is 7.17. The van der Waals surface area contributed by atoms with Crippen molar-refractivity contribution < 1.29 is 9.53 Å². The number of methoxy groups -OCH3 is 1. The van der Waals surface area contributed by atoms with E-state index in [1.165, 1.54) is 5.56 Å². The molecule has 0 aliphatic carbocycles. The van der Waals surface area contributed by atoms with Gasteiger partial charge in [-0.3, -0.25) is 14.4 Å². The standard InChI is InChI=1S/C23H28N6O2/c1-16-19(23(30)25-12-18-7-4-5-9-21(18)31-3)13-24-22(27-16)20-8-6-10-29(20)15-17-11-26-28(2)14-17/h4-5,7,9,11,13-14,20H,6,8,10,12,15H2,1-3H3,(H,25,30)/t20-/m0/s1. The van der Waals surface area contributed by atoms with Crippen LogP contribution in [0.1, 0.15) is 51.9 Å². The molecule has 1 saturated heterocycles. The van der Waals surface area contributed by atoms with Gasteiger partial charge in [-0.2, -0.15) is 5.10 Å². The molecule has 1 amide bonds. The van der Waals surface area contributed by atoms with Crippen molar-refractivity contribution in [1.82, 2.24) is 30.0 Å². The molecule has 0 spiro atoms. The van der Waals surface area contributed by atoms with Crippen molar-refractivity contribution in [1.29, 1.82) is 0 Å². The normalized spacial score (nSPS) is 16.4. The second-order valence-corrected chi connectivity index (χ2v) is 7.87. The highest BCUT2D eigenvalue weighted by atomic mass is 16.5. The minimum absolute atomic E-state index is 0.157. The van der Waals surface area contributed by atoms with Gasteiger partial charge >= 0.3 is 0 Å². The van der Waals surface area contributed by atoms with E-state index in [1.807, 2.05) is 55.3 Å². The molecule has 1 fully saturated rings. The summed E-state index contributed by atoms with van der Waals surface area (Å²) in [6.45, 7) is 4.07. The van der Waals surface area contributed by atoms with E-state index in [0.717, 1.165) is 43.1 Å². The first-order valence-corrected chi connectivity index (χ1v) is 10.5. The average molecular weight is 421 g/mol. The van der Waals surface area contributed by atoms with E-state index in [4.69, 9.17) is 9.72 Å². The van der Waals surface area contributed by atoms with Crippen LogP contribution in [0.15, 0.2) is 42.9 Å². The van der Waals surface area contributed by atoms with Crippen molar-refractivity contribution in [3.8, 4) is 5.75 Å². The Hall–Kier alpha value is -3.26. The molecule has 1 atom stereocenters. The number of nitrogens with zero attached hydrogens (tertiary/aromatic N) is 5. The third-order valence-electron chi connectivity index (χ3n) is 5.68. The number of benzene rings is 1. The number of carbonyl (C=O) groups excluding carboxylic acids is 1. The number of hydrogen-bond acceptors (Lipinski definition) is 6. The molecular weight excluding hydrogens is 392 g/mol. The van der Waals surface area contributed by atoms with Crippen LogP contribution in [0.5, 0.6) is 5.75 Å². The molecule has 2 aromatic heterocycles. The highest BCUT2D eigenvalue weighted by molar-refractivity contribution is 5.94. The van der Waals surface area contributed by atoms with Gasteiger partial charge < -0.3 is 10.1 Å². The number of likely N-dealkylation sites (tertiary alicyclic amines) is 1. The van der Waals surface area contributed by atoms with Gasteiger partial charge in [0.2, 0.25) is 0 Å². The van der Waals surface area contributed by atoms with Gasteiger partial charge in [-0.15, -0.1) is 0 Å². The Kier molecular flexibility index (Phi) is 6.27. The van der Waals surface area contributed by atoms with Gasteiger partial charge in [-0.05, 0) is 32.4 Å². The average Bonchev–Trinajstić information content (AvgIpc) is 3.41. The number of hydrogen-bond donors (Lipinski definition) is 1. The first kappa shape index (κ1) is 21.0. The summed E-state index contributed by atoms with van der Waals surface area (Å²) in [6.07, 6.45) is 7.70. The first-order chi connectivity index (χ1) is 15.0. The summed E-state index contributed by atoms with van der Waals surface area (Å²) in [5.74, 6) is 1.34. The first-order valence-electron chi connectivity index (χ1n) is 10.5. The molecule has 0 unspecified atom stereocenters. The zero-order valence-corrected chi connectivity index (χ0v) is 18.2. The quantitative estimate of drug-likeness (QED) is 0.633. The number of rotatable bonds is 7. The molecule has 8 nitrogen and oxygen atoms in total. The molecule has 8 heteroatoms. The summed E-state index contributed by atoms with van der Waals surface area (Å²) in [5, 5.41) is 7.20. The molecule has 0 radical (unpaired) electrons. The predicted molar refractivity (Wildman–Crippen MR) is 117 cm³/mol.